The third-order valence-corrected chi connectivity index (χ3v) is 4.54. The van der Waals surface area contributed by atoms with E-state index in [1.807, 2.05) is 0 Å². The van der Waals surface area contributed by atoms with Crippen LogP contribution in [0.15, 0.2) is 24.3 Å². The standard InChI is InChI=1S/C17H28N2O/c1-12(2)19(9-10-20-4)16-11-13(3)14-7-5-6-8-15(14)17(16)18/h5-8,12-13,16-17H,9-11,18H2,1-4H3. The quantitative estimate of drug-likeness (QED) is 0.898. The first-order valence-corrected chi connectivity index (χ1v) is 7.65. The van der Waals surface area contributed by atoms with Crippen LogP contribution in [0.25, 0.3) is 0 Å². The van der Waals surface area contributed by atoms with Gasteiger partial charge in [0.25, 0.3) is 0 Å². The molecular weight excluding hydrogens is 248 g/mol. The van der Waals surface area contributed by atoms with E-state index in [1.165, 1.54) is 11.1 Å². The molecule has 112 valence electrons. The van der Waals surface area contributed by atoms with Gasteiger partial charge in [0.2, 0.25) is 0 Å². The lowest BCUT2D eigenvalue weighted by atomic mass is 9.77. The van der Waals surface area contributed by atoms with E-state index in [0.717, 1.165) is 19.6 Å². The molecule has 20 heavy (non-hydrogen) atoms. The minimum absolute atomic E-state index is 0.0988. The second-order valence-electron chi connectivity index (χ2n) is 6.18. The van der Waals surface area contributed by atoms with Crippen molar-refractivity contribution in [2.24, 2.45) is 5.73 Å². The van der Waals surface area contributed by atoms with Crippen LogP contribution in [-0.4, -0.2) is 37.2 Å². The number of hydrogen-bond acceptors (Lipinski definition) is 3. The number of nitrogens with zero attached hydrogens (tertiary/aromatic N) is 1. The third kappa shape index (κ3) is 3.05. The van der Waals surface area contributed by atoms with Gasteiger partial charge >= 0.3 is 0 Å². The van der Waals surface area contributed by atoms with Crippen LogP contribution in [-0.2, 0) is 4.74 Å². The van der Waals surface area contributed by atoms with Crippen LogP contribution in [0, 0.1) is 0 Å². The summed E-state index contributed by atoms with van der Waals surface area (Å²) in [7, 11) is 1.76. The Hall–Kier alpha value is -0.900. The molecule has 0 radical (unpaired) electrons. The molecule has 0 amide bonds. The zero-order chi connectivity index (χ0) is 14.7. The van der Waals surface area contributed by atoms with Crippen molar-refractivity contribution in [2.75, 3.05) is 20.3 Å². The van der Waals surface area contributed by atoms with Gasteiger partial charge in [-0.1, -0.05) is 31.2 Å². The van der Waals surface area contributed by atoms with Crippen LogP contribution in [0.5, 0.6) is 0 Å². The summed E-state index contributed by atoms with van der Waals surface area (Å²) in [5.74, 6) is 0.569. The smallest absolute Gasteiger partial charge is 0.0589 e. The number of nitrogens with two attached hydrogens (primary N) is 1. The molecule has 0 aliphatic heterocycles. The number of rotatable bonds is 5. The predicted octanol–water partition coefficient (Wildman–Crippen LogP) is 2.92. The number of methoxy groups -OCH3 is 1. The zero-order valence-electron chi connectivity index (χ0n) is 13.2. The molecule has 0 heterocycles. The molecule has 0 saturated heterocycles. The highest BCUT2D eigenvalue weighted by molar-refractivity contribution is 5.36. The summed E-state index contributed by atoms with van der Waals surface area (Å²) < 4.78 is 5.26. The molecule has 3 atom stereocenters. The normalized spacial score (nSPS) is 26.1. The molecule has 1 aliphatic rings. The van der Waals surface area contributed by atoms with Crippen molar-refractivity contribution in [3.8, 4) is 0 Å². The maximum Gasteiger partial charge on any atom is 0.0589 e. The average molecular weight is 276 g/mol. The molecule has 0 saturated carbocycles. The molecule has 3 heteroatoms. The van der Waals surface area contributed by atoms with Crippen molar-refractivity contribution in [2.45, 2.75) is 51.2 Å². The molecule has 0 aromatic heterocycles. The van der Waals surface area contributed by atoms with Crippen LogP contribution >= 0.6 is 0 Å². The summed E-state index contributed by atoms with van der Waals surface area (Å²) in [5.41, 5.74) is 9.32. The highest BCUT2D eigenvalue weighted by Crippen LogP contribution is 2.38. The van der Waals surface area contributed by atoms with Gasteiger partial charge in [-0.25, -0.2) is 0 Å². The molecule has 0 spiro atoms. The predicted molar refractivity (Wildman–Crippen MR) is 83.9 cm³/mol. The fourth-order valence-corrected chi connectivity index (χ4v) is 3.45. The van der Waals surface area contributed by atoms with Gasteiger partial charge < -0.3 is 10.5 Å². The molecule has 3 unspecified atom stereocenters. The summed E-state index contributed by atoms with van der Waals surface area (Å²) in [4.78, 5) is 2.50. The molecule has 1 aromatic carbocycles. The van der Waals surface area contributed by atoms with Gasteiger partial charge in [0.05, 0.1) is 6.61 Å². The summed E-state index contributed by atoms with van der Waals surface area (Å²) in [6.07, 6.45) is 1.13. The Balaban J connectivity index is 2.25. The summed E-state index contributed by atoms with van der Waals surface area (Å²) in [6.45, 7) is 8.51. The molecule has 1 aliphatic carbocycles. The van der Waals surface area contributed by atoms with E-state index in [2.05, 4.69) is 49.9 Å². The molecule has 0 fully saturated rings. The van der Waals surface area contributed by atoms with E-state index in [1.54, 1.807) is 7.11 Å². The number of benzene rings is 1. The fraction of sp³-hybridized carbons (Fsp3) is 0.647. The van der Waals surface area contributed by atoms with E-state index >= 15 is 0 Å². The van der Waals surface area contributed by atoms with Crippen molar-refractivity contribution in [1.82, 2.24) is 4.90 Å². The Labute approximate surface area is 123 Å². The first-order valence-electron chi connectivity index (χ1n) is 7.65. The molecule has 3 nitrogen and oxygen atoms in total. The molecule has 0 bridgehead atoms. The Morgan fingerprint density at radius 3 is 2.55 bits per heavy atom. The van der Waals surface area contributed by atoms with Gasteiger partial charge in [-0.2, -0.15) is 0 Å². The van der Waals surface area contributed by atoms with E-state index in [-0.39, 0.29) is 6.04 Å². The van der Waals surface area contributed by atoms with Gasteiger partial charge in [0.1, 0.15) is 0 Å². The minimum atomic E-state index is 0.0988. The van der Waals surface area contributed by atoms with Gasteiger partial charge in [0, 0.05) is 31.8 Å². The molecule has 2 rings (SSSR count). The van der Waals surface area contributed by atoms with Gasteiger partial charge in [-0.15, -0.1) is 0 Å². The molecular formula is C17H28N2O. The maximum absolute atomic E-state index is 6.58. The van der Waals surface area contributed by atoms with Crippen LogP contribution in [0.4, 0.5) is 0 Å². The topological polar surface area (TPSA) is 38.5 Å². The van der Waals surface area contributed by atoms with Crippen LogP contribution in [0.2, 0.25) is 0 Å². The largest absolute Gasteiger partial charge is 0.383 e. The summed E-state index contributed by atoms with van der Waals surface area (Å²) >= 11 is 0. The van der Waals surface area contributed by atoms with E-state index in [4.69, 9.17) is 10.5 Å². The second-order valence-corrected chi connectivity index (χ2v) is 6.18. The van der Waals surface area contributed by atoms with E-state index < -0.39 is 0 Å². The van der Waals surface area contributed by atoms with Gasteiger partial charge in [0.15, 0.2) is 0 Å². The SMILES string of the molecule is COCCN(C(C)C)C1CC(C)c2ccccc2C1N. The number of hydrogen-bond donors (Lipinski definition) is 1. The lowest BCUT2D eigenvalue weighted by Crippen LogP contribution is -2.50. The van der Waals surface area contributed by atoms with Crippen molar-refractivity contribution in [1.29, 1.82) is 0 Å². The summed E-state index contributed by atoms with van der Waals surface area (Å²) in [5, 5.41) is 0. The van der Waals surface area contributed by atoms with Crippen LogP contribution in [0.1, 0.15) is 50.3 Å². The van der Waals surface area contributed by atoms with Gasteiger partial charge in [-0.05, 0) is 37.3 Å². The lowest BCUT2D eigenvalue weighted by Gasteiger charge is -2.43. The van der Waals surface area contributed by atoms with E-state index in [0.29, 0.717) is 18.0 Å². The van der Waals surface area contributed by atoms with Crippen molar-refractivity contribution >= 4 is 0 Å². The molecule has 2 N–H and O–H groups in total. The monoisotopic (exact) mass is 276 g/mol. The van der Waals surface area contributed by atoms with Crippen LogP contribution in [0.3, 0.4) is 0 Å². The van der Waals surface area contributed by atoms with E-state index in [9.17, 15) is 0 Å². The molecule has 1 aromatic rings. The Morgan fingerprint density at radius 1 is 1.30 bits per heavy atom. The lowest BCUT2D eigenvalue weighted by molar-refractivity contribution is 0.0732. The second kappa shape index (κ2) is 6.70. The third-order valence-electron chi connectivity index (χ3n) is 4.54. The highest BCUT2D eigenvalue weighted by atomic mass is 16.5. The maximum atomic E-state index is 6.58. The van der Waals surface area contributed by atoms with Crippen molar-refractivity contribution < 1.29 is 4.74 Å². The first kappa shape index (κ1) is 15.5. The number of ether oxygens (including phenoxy) is 1. The Morgan fingerprint density at radius 2 is 1.95 bits per heavy atom. The van der Waals surface area contributed by atoms with Crippen molar-refractivity contribution in [3.05, 3.63) is 35.4 Å². The Kier molecular flexibility index (Phi) is 5.19. The summed E-state index contributed by atoms with van der Waals surface area (Å²) in [6, 6.07) is 9.62. The average Bonchev–Trinajstić information content (AvgIpc) is 2.44. The fourth-order valence-electron chi connectivity index (χ4n) is 3.45. The first-order chi connectivity index (χ1) is 9.56. The minimum Gasteiger partial charge on any atom is -0.383 e. The van der Waals surface area contributed by atoms with Crippen molar-refractivity contribution in [3.63, 3.8) is 0 Å². The van der Waals surface area contributed by atoms with Gasteiger partial charge in [-0.3, -0.25) is 4.90 Å². The highest BCUT2D eigenvalue weighted by Gasteiger charge is 2.35. The van der Waals surface area contributed by atoms with Crippen LogP contribution < -0.4 is 5.73 Å². The zero-order valence-corrected chi connectivity index (χ0v) is 13.2. The Bertz CT molecular complexity index is 433. The number of fused-ring (bicyclic) bond motifs is 1.